The van der Waals surface area contributed by atoms with Gasteiger partial charge in [-0.2, -0.15) is 0 Å². The molecule has 118 valence electrons. The number of aromatic nitrogens is 1. The maximum atomic E-state index is 10.7. The average molecular weight is 319 g/mol. The van der Waals surface area contributed by atoms with Gasteiger partial charge in [0.25, 0.3) is 0 Å². The Hall–Kier alpha value is -3.47. The summed E-state index contributed by atoms with van der Waals surface area (Å²) in [4.78, 5) is 25.3. The maximum absolute atomic E-state index is 10.7. The smallest absolute Gasteiger partial charge is 0.354 e. The van der Waals surface area contributed by atoms with Crippen LogP contribution in [0.3, 0.4) is 0 Å². The van der Waals surface area contributed by atoms with Gasteiger partial charge in [0.1, 0.15) is 11.3 Å². The lowest BCUT2D eigenvalue weighted by molar-refractivity contribution is 0.0691. The summed E-state index contributed by atoms with van der Waals surface area (Å²) in [5.74, 6) is -0.995. The number of hydrogen-bond donors (Lipinski definition) is 1. The number of carboxylic acid groups (broad SMARTS) is 1. The Morgan fingerprint density at radius 1 is 0.833 bits per heavy atom. The lowest BCUT2D eigenvalue weighted by Crippen LogP contribution is -1.99. The summed E-state index contributed by atoms with van der Waals surface area (Å²) in [6, 6.07) is 21.3. The first-order valence-corrected chi connectivity index (χ1v) is 7.21. The van der Waals surface area contributed by atoms with E-state index in [1.54, 1.807) is 24.3 Å². The zero-order valence-corrected chi connectivity index (χ0v) is 12.5. The number of nitrogens with zero attached hydrogens (tertiary/aromatic N) is 1. The largest absolute Gasteiger partial charge is 0.477 e. The van der Waals surface area contributed by atoms with Crippen LogP contribution in [0.5, 0.6) is 0 Å². The quantitative estimate of drug-likeness (QED) is 0.541. The molecule has 0 aliphatic heterocycles. The first-order chi connectivity index (χ1) is 11.6. The van der Waals surface area contributed by atoms with Crippen molar-refractivity contribution in [2.24, 2.45) is 0 Å². The van der Waals surface area contributed by atoms with E-state index in [0.717, 1.165) is 10.8 Å². The fourth-order valence-corrected chi connectivity index (χ4v) is 2.20. The van der Waals surface area contributed by atoms with Gasteiger partial charge in [-0.15, -0.1) is 0 Å². The number of pyridine rings is 1. The number of carbonyl (C=O) groups is 1. The van der Waals surface area contributed by atoms with Crippen LogP contribution in [0, 0.1) is 0 Å². The van der Waals surface area contributed by atoms with Gasteiger partial charge < -0.3 is 9.52 Å². The van der Waals surface area contributed by atoms with Crippen molar-refractivity contribution in [3.63, 3.8) is 0 Å². The summed E-state index contributed by atoms with van der Waals surface area (Å²) in [5, 5.41) is 10.6. The van der Waals surface area contributed by atoms with Crippen molar-refractivity contribution in [1.29, 1.82) is 0 Å². The topological polar surface area (TPSA) is 80.4 Å². The Morgan fingerprint density at radius 3 is 2.29 bits per heavy atom. The molecule has 0 unspecified atom stereocenters. The summed E-state index contributed by atoms with van der Waals surface area (Å²) in [6.45, 7) is 0. The second-order valence-electron chi connectivity index (χ2n) is 4.99. The highest BCUT2D eigenvalue weighted by Crippen LogP contribution is 2.11. The number of rotatable bonds is 1. The van der Waals surface area contributed by atoms with Crippen LogP contribution >= 0.6 is 0 Å². The number of fused-ring (bicyclic) bond motifs is 2. The highest BCUT2D eigenvalue weighted by molar-refractivity contribution is 5.89. The molecular formula is C19H13NO4. The van der Waals surface area contributed by atoms with E-state index in [1.807, 2.05) is 36.4 Å². The highest BCUT2D eigenvalue weighted by Gasteiger charge is 2.03. The summed E-state index contributed by atoms with van der Waals surface area (Å²) < 4.78 is 4.91. The van der Waals surface area contributed by atoms with Crippen molar-refractivity contribution in [2.75, 3.05) is 0 Å². The van der Waals surface area contributed by atoms with E-state index >= 15 is 0 Å². The maximum Gasteiger partial charge on any atom is 0.354 e. The van der Waals surface area contributed by atoms with E-state index in [-0.39, 0.29) is 11.3 Å². The highest BCUT2D eigenvalue weighted by atomic mass is 16.4. The van der Waals surface area contributed by atoms with Crippen LogP contribution in [0.4, 0.5) is 0 Å². The number of carboxylic acids is 1. The second kappa shape index (κ2) is 6.75. The van der Waals surface area contributed by atoms with Crippen LogP contribution in [-0.2, 0) is 0 Å². The monoisotopic (exact) mass is 319 g/mol. The Balaban J connectivity index is 0.000000143. The standard InChI is InChI=1S/C10H7NO2.C9H6O2/c12-10(13)9-6-5-7-3-1-2-4-8(7)11-9;10-9-6-5-7-3-1-2-4-8(7)11-9/h1-6H,(H,12,13);1-6H. The second-order valence-corrected chi connectivity index (χ2v) is 4.99. The van der Waals surface area contributed by atoms with Crippen molar-refractivity contribution in [3.8, 4) is 0 Å². The third kappa shape index (κ3) is 3.47. The van der Waals surface area contributed by atoms with Crippen LogP contribution in [0.15, 0.2) is 82.0 Å². The molecule has 1 N–H and O–H groups in total. The van der Waals surface area contributed by atoms with Crippen LogP contribution in [0.2, 0.25) is 0 Å². The van der Waals surface area contributed by atoms with Gasteiger partial charge in [-0.25, -0.2) is 14.6 Å². The van der Waals surface area contributed by atoms with Gasteiger partial charge in [-0.1, -0.05) is 42.5 Å². The molecule has 0 fully saturated rings. The predicted octanol–water partition coefficient (Wildman–Crippen LogP) is 3.73. The van der Waals surface area contributed by atoms with E-state index < -0.39 is 5.97 Å². The molecule has 0 bridgehead atoms. The van der Waals surface area contributed by atoms with E-state index in [0.29, 0.717) is 11.1 Å². The van der Waals surface area contributed by atoms with E-state index in [9.17, 15) is 9.59 Å². The molecule has 4 aromatic rings. The van der Waals surface area contributed by atoms with Crippen LogP contribution in [0.1, 0.15) is 10.5 Å². The molecule has 2 aromatic carbocycles. The Labute approximate surface area is 136 Å². The molecule has 2 aromatic heterocycles. The Morgan fingerprint density at radius 2 is 1.50 bits per heavy atom. The predicted molar refractivity (Wildman–Crippen MR) is 91.2 cm³/mol. The van der Waals surface area contributed by atoms with Crippen molar-refractivity contribution < 1.29 is 14.3 Å². The fraction of sp³-hybridized carbons (Fsp3) is 0. The first-order valence-electron chi connectivity index (χ1n) is 7.21. The number of para-hydroxylation sites is 2. The minimum atomic E-state index is -0.995. The molecule has 0 spiro atoms. The SMILES string of the molecule is O=C(O)c1ccc2ccccc2n1.O=c1ccc2ccccc2o1. The molecule has 0 aliphatic rings. The van der Waals surface area contributed by atoms with Crippen molar-refractivity contribution >= 4 is 27.8 Å². The van der Waals surface area contributed by atoms with Gasteiger partial charge in [-0.05, 0) is 24.3 Å². The lowest BCUT2D eigenvalue weighted by Gasteiger charge is -1.97. The number of benzene rings is 2. The molecule has 0 aliphatic carbocycles. The lowest BCUT2D eigenvalue weighted by atomic mass is 10.2. The third-order valence-corrected chi connectivity index (χ3v) is 3.35. The van der Waals surface area contributed by atoms with Crippen LogP contribution in [-0.4, -0.2) is 16.1 Å². The van der Waals surface area contributed by atoms with E-state index in [2.05, 4.69) is 4.98 Å². The molecule has 0 amide bonds. The molecule has 2 heterocycles. The number of aromatic carboxylic acids is 1. The van der Waals surface area contributed by atoms with Crippen LogP contribution in [0.25, 0.3) is 21.9 Å². The molecule has 4 rings (SSSR count). The molecule has 0 radical (unpaired) electrons. The Bertz CT molecular complexity index is 1070. The summed E-state index contributed by atoms with van der Waals surface area (Å²) >= 11 is 0. The molecule has 5 nitrogen and oxygen atoms in total. The van der Waals surface area contributed by atoms with Crippen molar-refractivity contribution in [1.82, 2.24) is 4.98 Å². The number of hydrogen-bond acceptors (Lipinski definition) is 4. The summed E-state index contributed by atoms with van der Waals surface area (Å²) in [5.41, 5.74) is 1.13. The minimum Gasteiger partial charge on any atom is -0.477 e. The van der Waals surface area contributed by atoms with Crippen molar-refractivity contribution in [2.45, 2.75) is 0 Å². The first kappa shape index (κ1) is 15.4. The summed E-state index contributed by atoms with van der Waals surface area (Å²) in [6.07, 6.45) is 0. The molecule has 24 heavy (non-hydrogen) atoms. The summed E-state index contributed by atoms with van der Waals surface area (Å²) in [7, 11) is 0. The molecule has 5 heteroatoms. The zero-order chi connectivity index (χ0) is 16.9. The van der Waals surface area contributed by atoms with Gasteiger partial charge in [0, 0.05) is 16.8 Å². The van der Waals surface area contributed by atoms with Gasteiger partial charge in [-0.3, -0.25) is 0 Å². The van der Waals surface area contributed by atoms with Gasteiger partial charge in [0.15, 0.2) is 0 Å². The molecule has 0 saturated carbocycles. The van der Waals surface area contributed by atoms with Gasteiger partial charge >= 0.3 is 11.6 Å². The van der Waals surface area contributed by atoms with Gasteiger partial charge in [0.05, 0.1) is 5.52 Å². The average Bonchev–Trinajstić information content (AvgIpc) is 2.61. The molecule has 0 saturated heterocycles. The van der Waals surface area contributed by atoms with Crippen LogP contribution < -0.4 is 5.63 Å². The van der Waals surface area contributed by atoms with E-state index in [1.165, 1.54) is 12.1 Å². The van der Waals surface area contributed by atoms with E-state index in [4.69, 9.17) is 9.52 Å². The third-order valence-electron chi connectivity index (χ3n) is 3.35. The molecular weight excluding hydrogens is 306 g/mol. The van der Waals surface area contributed by atoms with Crippen molar-refractivity contribution in [3.05, 3.63) is 88.9 Å². The zero-order valence-electron chi connectivity index (χ0n) is 12.5. The fourth-order valence-electron chi connectivity index (χ4n) is 2.20. The van der Waals surface area contributed by atoms with Gasteiger partial charge in [0.2, 0.25) is 0 Å². The molecule has 0 atom stereocenters. The minimum absolute atomic E-state index is 0.0821. The normalized spacial score (nSPS) is 10.2. The Kier molecular flexibility index (Phi) is 4.34.